The molecule has 1 aliphatic heterocycles. The van der Waals surface area contributed by atoms with Gasteiger partial charge in [-0.15, -0.1) is 11.3 Å². The molecule has 3 aromatic rings. The number of aromatic nitrogens is 1. The minimum atomic E-state index is -3.27. The number of amides is 1. The van der Waals surface area contributed by atoms with Gasteiger partial charge >= 0.3 is 0 Å². The van der Waals surface area contributed by atoms with Crippen LogP contribution in [0, 0.1) is 0 Å². The van der Waals surface area contributed by atoms with Crippen molar-refractivity contribution in [2.45, 2.75) is 19.9 Å². The Morgan fingerprint density at radius 1 is 1.36 bits per heavy atom. The van der Waals surface area contributed by atoms with Crippen LogP contribution in [0.2, 0.25) is 0 Å². The molecule has 0 saturated carbocycles. The normalized spacial score (nSPS) is 14.8. The van der Waals surface area contributed by atoms with Crippen LogP contribution < -0.4 is 10.7 Å². The van der Waals surface area contributed by atoms with Crippen LogP contribution in [-0.2, 0) is 23.0 Å². The Balaban J connectivity index is 1.56. The number of carbonyl (C=O) groups excluding carboxylic acids is 1. The maximum atomic E-state index is 12.5. The largest absolute Gasteiger partial charge is 0.451 e. The lowest BCUT2D eigenvalue weighted by Gasteiger charge is -2.24. The minimum absolute atomic E-state index is 0.0473. The minimum Gasteiger partial charge on any atom is -0.451 e. The third-order valence-corrected chi connectivity index (χ3v) is 7.36. The van der Waals surface area contributed by atoms with Crippen molar-refractivity contribution in [1.82, 2.24) is 9.29 Å². The molecule has 0 saturated heterocycles. The lowest BCUT2D eigenvalue weighted by atomic mass is 10.2. The first kappa shape index (κ1) is 18.8. The molecule has 0 atom stereocenters. The summed E-state index contributed by atoms with van der Waals surface area (Å²) in [6, 6.07) is 7.85. The zero-order chi connectivity index (χ0) is 19.9. The molecule has 146 valence electrons. The zero-order valence-corrected chi connectivity index (χ0v) is 16.6. The van der Waals surface area contributed by atoms with E-state index in [1.54, 1.807) is 31.2 Å². The van der Waals surface area contributed by atoms with E-state index in [0.717, 1.165) is 16.6 Å². The van der Waals surface area contributed by atoms with Gasteiger partial charge in [0.15, 0.2) is 16.3 Å². The van der Waals surface area contributed by atoms with E-state index in [2.05, 4.69) is 10.3 Å². The van der Waals surface area contributed by atoms with E-state index in [-0.39, 0.29) is 23.5 Å². The monoisotopic (exact) mass is 419 g/mol. The number of carbonyl (C=O) groups is 1. The molecular weight excluding hydrogens is 402 g/mol. The molecule has 28 heavy (non-hydrogen) atoms. The third-order valence-electron chi connectivity index (χ3n) is 4.53. The van der Waals surface area contributed by atoms with Crippen molar-refractivity contribution in [1.29, 1.82) is 0 Å². The smallest absolute Gasteiger partial charge is 0.293 e. The maximum Gasteiger partial charge on any atom is 0.293 e. The predicted octanol–water partition coefficient (Wildman–Crippen LogP) is 2.21. The number of hydrogen-bond donors (Lipinski definition) is 1. The number of nitrogens with zero attached hydrogens (tertiary/aromatic N) is 2. The summed E-state index contributed by atoms with van der Waals surface area (Å²) in [5, 5.41) is 3.40. The SMILES string of the molecule is CCS(=O)(=O)N1CCc2nc(NC(=O)c3cc(=O)c4ccccc4o3)sc2C1. The number of rotatable bonds is 4. The van der Waals surface area contributed by atoms with Gasteiger partial charge in [-0.25, -0.2) is 13.4 Å². The van der Waals surface area contributed by atoms with Crippen LogP contribution >= 0.6 is 11.3 Å². The molecule has 1 aliphatic rings. The number of anilines is 1. The van der Waals surface area contributed by atoms with Crippen molar-refractivity contribution in [3.8, 4) is 0 Å². The van der Waals surface area contributed by atoms with Crippen LogP contribution in [0.15, 0.2) is 39.5 Å². The maximum absolute atomic E-state index is 12.5. The molecule has 1 aromatic carbocycles. The lowest BCUT2D eigenvalue weighted by molar-refractivity contribution is 0.0997. The van der Waals surface area contributed by atoms with Crippen LogP contribution in [0.4, 0.5) is 5.13 Å². The number of sulfonamides is 1. The van der Waals surface area contributed by atoms with E-state index in [4.69, 9.17) is 4.42 Å². The van der Waals surface area contributed by atoms with Gasteiger partial charge in [0.25, 0.3) is 5.91 Å². The van der Waals surface area contributed by atoms with Crippen LogP contribution in [0.1, 0.15) is 28.0 Å². The number of nitrogens with one attached hydrogen (secondary N) is 1. The van der Waals surface area contributed by atoms with Crippen LogP contribution in [0.5, 0.6) is 0 Å². The highest BCUT2D eigenvalue weighted by Crippen LogP contribution is 2.30. The Morgan fingerprint density at radius 2 is 2.14 bits per heavy atom. The summed E-state index contributed by atoms with van der Waals surface area (Å²) in [4.78, 5) is 29.9. The summed E-state index contributed by atoms with van der Waals surface area (Å²) in [7, 11) is -3.27. The lowest BCUT2D eigenvalue weighted by Crippen LogP contribution is -2.36. The second-order valence-corrected chi connectivity index (χ2v) is 9.64. The number of thiazole rings is 1. The number of hydrogen-bond acceptors (Lipinski definition) is 7. The van der Waals surface area contributed by atoms with Gasteiger partial charge in [0, 0.05) is 30.5 Å². The molecule has 1 amide bonds. The molecule has 0 aliphatic carbocycles. The summed E-state index contributed by atoms with van der Waals surface area (Å²) in [5.74, 6) is -0.634. The Hall–Kier alpha value is -2.56. The first-order valence-corrected chi connectivity index (χ1v) is 11.1. The molecule has 10 heteroatoms. The Morgan fingerprint density at radius 3 is 2.93 bits per heavy atom. The molecule has 4 rings (SSSR count). The molecular formula is C18H17N3O5S2. The highest BCUT2D eigenvalue weighted by molar-refractivity contribution is 7.89. The molecule has 8 nitrogen and oxygen atoms in total. The van der Waals surface area contributed by atoms with Crippen molar-refractivity contribution in [2.75, 3.05) is 17.6 Å². The predicted molar refractivity (Wildman–Crippen MR) is 106 cm³/mol. The van der Waals surface area contributed by atoms with Gasteiger partial charge in [-0.05, 0) is 19.1 Å². The Kier molecular flexibility index (Phi) is 4.77. The van der Waals surface area contributed by atoms with Crippen molar-refractivity contribution < 1.29 is 17.6 Å². The molecule has 0 fully saturated rings. The van der Waals surface area contributed by atoms with Crippen LogP contribution in [-0.4, -0.2) is 35.9 Å². The fourth-order valence-corrected chi connectivity index (χ4v) is 5.18. The number of fused-ring (bicyclic) bond motifs is 2. The molecule has 0 unspecified atom stereocenters. The third kappa shape index (κ3) is 3.46. The molecule has 0 bridgehead atoms. The van der Waals surface area contributed by atoms with Crippen LogP contribution in [0.3, 0.4) is 0 Å². The van der Waals surface area contributed by atoms with Gasteiger partial charge in [0.2, 0.25) is 10.0 Å². The van der Waals surface area contributed by atoms with E-state index in [1.807, 2.05) is 0 Å². The highest BCUT2D eigenvalue weighted by Gasteiger charge is 2.28. The average Bonchev–Trinajstić information content (AvgIpc) is 3.09. The highest BCUT2D eigenvalue weighted by atomic mass is 32.2. The second kappa shape index (κ2) is 7.12. The van der Waals surface area contributed by atoms with Crippen molar-refractivity contribution in [2.24, 2.45) is 0 Å². The van der Waals surface area contributed by atoms with E-state index in [9.17, 15) is 18.0 Å². The zero-order valence-electron chi connectivity index (χ0n) is 15.0. The summed E-state index contributed by atoms with van der Waals surface area (Å²) < 4.78 is 31.1. The van der Waals surface area contributed by atoms with Gasteiger partial charge in [0.1, 0.15) is 5.58 Å². The van der Waals surface area contributed by atoms with Crippen molar-refractivity contribution >= 4 is 43.4 Å². The molecule has 2 aromatic heterocycles. The summed E-state index contributed by atoms with van der Waals surface area (Å²) in [6.45, 7) is 2.24. The van der Waals surface area contributed by atoms with Gasteiger partial charge in [-0.1, -0.05) is 12.1 Å². The van der Waals surface area contributed by atoms with E-state index < -0.39 is 15.9 Å². The van der Waals surface area contributed by atoms with Gasteiger partial charge < -0.3 is 4.42 Å². The first-order chi connectivity index (χ1) is 13.4. The van der Waals surface area contributed by atoms with Gasteiger partial charge in [0.05, 0.1) is 16.8 Å². The number of para-hydroxylation sites is 1. The molecule has 0 radical (unpaired) electrons. The Bertz CT molecular complexity index is 1230. The fraction of sp³-hybridized carbons (Fsp3) is 0.278. The average molecular weight is 419 g/mol. The first-order valence-electron chi connectivity index (χ1n) is 8.68. The van der Waals surface area contributed by atoms with Crippen molar-refractivity contribution in [3.05, 3.63) is 56.9 Å². The number of benzene rings is 1. The fourth-order valence-electron chi connectivity index (χ4n) is 3.02. The summed E-state index contributed by atoms with van der Waals surface area (Å²) in [6.07, 6.45) is 0.492. The van der Waals surface area contributed by atoms with Crippen molar-refractivity contribution in [3.63, 3.8) is 0 Å². The molecule has 1 N–H and O–H groups in total. The topological polar surface area (TPSA) is 110 Å². The summed E-state index contributed by atoms with van der Waals surface area (Å²) >= 11 is 1.23. The molecule has 0 spiro atoms. The Labute approximate surface area is 164 Å². The standard InChI is InChI=1S/C18H17N3O5S2/c1-2-28(24,25)21-8-7-12-16(10-21)27-18(19-12)20-17(23)15-9-13(22)11-5-3-4-6-14(11)26-15/h3-6,9H,2,7-8,10H2,1H3,(H,19,20,23). The van der Waals surface area contributed by atoms with Crippen LogP contribution in [0.25, 0.3) is 11.0 Å². The quantitative estimate of drug-likeness (QED) is 0.694. The van der Waals surface area contributed by atoms with Gasteiger partial charge in [-0.3, -0.25) is 14.9 Å². The van der Waals surface area contributed by atoms with Gasteiger partial charge in [-0.2, -0.15) is 4.31 Å². The second-order valence-electron chi connectivity index (χ2n) is 6.30. The van der Waals surface area contributed by atoms with E-state index in [0.29, 0.717) is 29.1 Å². The molecule has 3 heterocycles. The van der Waals surface area contributed by atoms with E-state index >= 15 is 0 Å². The summed E-state index contributed by atoms with van der Waals surface area (Å²) in [5.41, 5.74) is 0.813. The van der Waals surface area contributed by atoms with E-state index in [1.165, 1.54) is 15.6 Å².